The summed E-state index contributed by atoms with van der Waals surface area (Å²) in [4.78, 5) is 2.30. The molecular weight excluding hydrogens is 224 g/mol. The number of hydrogen-bond acceptors (Lipinski definition) is 3. The molecule has 0 bridgehead atoms. The van der Waals surface area contributed by atoms with E-state index in [1.165, 1.54) is 0 Å². The fraction of sp³-hybridized carbons (Fsp3) is 0.600. The molecule has 0 heterocycles. The maximum atomic E-state index is 5.42. The Morgan fingerprint density at radius 1 is 1.28 bits per heavy atom. The lowest BCUT2D eigenvalue weighted by Crippen LogP contribution is -2.42. The Morgan fingerprint density at radius 3 is 2.50 bits per heavy atom. The van der Waals surface area contributed by atoms with Crippen LogP contribution in [0, 0.1) is 0 Å². The molecule has 1 aromatic rings. The third kappa shape index (κ3) is 3.91. The number of rotatable bonds is 7. The zero-order chi connectivity index (χ0) is 13.5. The Hall–Kier alpha value is -1.22. The molecule has 0 fully saturated rings. The first-order valence-corrected chi connectivity index (χ1v) is 6.69. The number of hydrogen-bond donors (Lipinski definition) is 1. The minimum atomic E-state index is 0.476. The molecule has 18 heavy (non-hydrogen) atoms. The summed E-state index contributed by atoms with van der Waals surface area (Å²) < 4.78 is 5.42. The molecule has 0 saturated heterocycles. The molecule has 0 aliphatic rings. The second-order valence-corrected chi connectivity index (χ2v) is 4.91. The van der Waals surface area contributed by atoms with Crippen molar-refractivity contribution < 1.29 is 4.74 Å². The normalized spacial score (nSPS) is 12.6. The van der Waals surface area contributed by atoms with Gasteiger partial charge in [-0.3, -0.25) is 0 Å². The zero-order valence-corrected chi connectivity index (χ0v) is 12.2. The van der Waals surface area contributed by atoms with Gasteiger partial charge in [0, 0.05) is 25.7 Å². The van der Waals surface area contributed by atoms with Gasteiger partial charge in [-0.1, -0.05) is 32.9 Å². The van der Waals surface area contributed by atoms with Gasteiger partial charge in [0.05, 0.1) is 12.8 Å². The van der Waals surface area contributed by atoms with E-state index >= 15 is 0 Å². The molecule has 0 radical (unpaired) electrons. The van der Waals surface area contributed by atoms with E-state index in [0.29, 0.717) is 12.1 Å². The Morgan fingerprint density at radius 2 is 1.94 bits per heavy atom. The number of ether oxygens (including phenoxy) is 1. The molecule has 1 atom stereocenters. The lowest BCUT2D eigenvalue weighted by Gasteiger charge is -2.31. The van der Waals surface area contributed by atoms with Crippen LogP contribution >= 0.6 is 0 Å². The molecule has 1 rings (SSSR count). The molecule has 0 saturated carbocycles. The van der Waals surface area contributed by atoms with Crippen LogP contribution < -0.4 is 15.0 Å². The van der Waals surface area contributed by atoms with E-state index in [4.69, 9.17) is 4.74 Å². The molecule has 0 aromatic heterocycles. The van der Waals surface area contributed by atoms with Crippen molar-refractivity contribution in [3.63, 3.8) is 0 Å². The van der Waals surface area contributed by atoms with E-state index in [1.54, 1.807) is 7.11 Å². The predicted molar refractivity (Wildman–Crippen MR) is 78.6 cm³/mol. The van der Waals surface area contributed by atoms with Crippen LogP contribution in [-0.4, -0.2) is 32.8 Å². The monoisotopic (exact) mass is 250 g/mol. The minimum absolute atomic E-state index is 0.476. The van der Waals surface area contributed by atoms with Crippen LogP contribution in [0.3, 0.4) is 0 Å². The molecule has 1 N–H and O–H groups in total. The number of para-hydroxylation sites is 2. The highest BCUT2D eigenvalue weighted by Gasteiger charge is 2.16. The topological polar surface area (TPSA) is 24.5 Å². The van der Waals surface area contributed by atoms with Gasteiger partial charge in [-0.25, -0.2) is 0 Å². The zero-order valence-electron chi connectivity index (χ0n) is 12.2. The number of anilines is 1. The Kier molecular flexibility index (Phi) is 5.99. The molecule has 0 aliphatic heterocycles. The Balaban J connectivity index is 2.79. The summed E-state index contributed by atoms with van der Waals surface area (Å²) in [6.45, 7) is 7.56. The molecular formula is C15H26N2O. The minimum Gasteiger partial charge on any atom is -0.495 e. The average Bonchev–Trinajstić information content (AvgIpc) is 2.38. The number of nitrogens with one attached hydrogen (secondary N) is 1. The largest absolute Gasteiger partial charge is 0.495 e. The maximum absolute atomic E-state index is 5.42. The molecule has 1 unspecified atom stereocenters. The van der Waals surface area contributed by atoms with E-state index in [2.05, 4.69) is 50.2 Å². The number of methoxy groups -OCH3 is 1. The van der Waals surface area contributed by atoms with Gasteiger partial charge in [-0.2, -0.15) is 0 Å². The number of likely N-dealkylation sites (N-methyl/N-ethyl adjacent to an activating group) is 1. The summed E-state index contributed by atoms with van der Waals surface area (Å²) in [5.41, 5.74) is 1.15. The second kappa shape index (κ2) is 7.27. The summed E-state index contributed by atoms with van der Waals surface area (Å²) in [6, 6.07) is 9.17. The Bertz CT molecular complexity index is 352. The maximum Gasteiger partial charge on any atom is 0.142 e. The van der Waals surface area contributed by atoms with E-state index in [9.17, 15) is 0 Å². The van der Waals surface area contributed by atoms with Gasteiger partial charge >= 0.3 is 0 Å². The van der Waals surface area contributed by atoms with Gasteiger partial charge in [0.15, 0.2) is 0 Å². The summed E-state index contributed by atoms with van der Waals surface area (Å²) in [7, 11) is 3.86. The van der Waals surface area contributed by atoms with Gasteiger partial charge in [0.1, 0.15) is 5.75 Å². The van der Waals surface area contributed by atoms with Crippen LogP contribution in [0.1, 0.15) is 27.2 Å². The van der Waals surface area contributed by atoms with Crippen LogP contribution in [0.25, 0.3) is 0 Å². The highest BCUT2D eigenvalue weighted by Crippen LogP contribution is 2.28. The summed E-state index contributed by atoms with van der Waals surface area (Å²) in [6.07, 6.45) is 1.11. The quantitative estimate of drug-likeness (QED) is 0.805. The van der Waals surface area contributed by atoms with Crippen molar-refractivity contribution >= 4 is 5.69 Å². The van der Waals surface area contributed by atoms with Gasteiger partial charge in [-0.15, -0.1) is 0 Å². The molecule has 3 nitrogen and oxygen atoms in total. The fourth-order valence-electron chi connectivity index (χ4n) is 2.04. The molecule has 0 aliphatic carbocycles. The fourth-order valence-corrected chi connectivity index (χ4v) is 2.04. The molecule has 0 spiro atoms. The highest BCUT2D eigenvalue weighted by molar-refractivity contribution is 5.58. The van der Waals surface area contributed by atoms with E-state index in [0.717, 1.165) is 24.4 Å². The summed E-state index contributed by atoms with van der Waals surface area (Å²) in [5.74, 6) is 0.933. The third-order valence-electron chi connectivity index (χ3n) is 3.25. The van der Waals surface area contributed by atoms with Crippen molar-refractivity contribution in [3.05, 3.63) is 24.3 Å². The molecule has 102 valence electrons. The van der Waals surface area contributed by atoms with Crippen molar-refractivity contribution in [2.24, 2.45) is 0 Å². The van der Waals surface area contributed by atoms with Crippen molar-refractivity contribution in [1.82, 2.24) is 5.32 Å². The predicted octanol–water partition coefficient (Wildman–Crippen LogP) is 2.91. The van der Waals surface area contributed by atoms with Gasteiger partial charge in [0.2, 0.25) is 0 Å². The smallest absolute Gasteiger partial charge is 0.142 e. The van der Waals surface area contributed by atoms with Gasteiger partial charge in [0.25, 0.3) is 0 Å². The van der Waals surface area contributed by atoms with Crippen LogP contribution in [0.15, 0.2) is 24.3 Å². The molecule has 1 aromatic carbocycles. The first-order valence-electron chi connectivity index (χ1n) is 6.69. The average molecular weight is 250 g/mol. The van der Waals surface area contributed by atoms with E-state index in [-0.39, 0.29) is 0 Å². The van der Waals surface area contributed by atoms with Crippen molar-refractivity contribution in [1.29, 1.82) is 0 Å². The number of benzene rings is 1. The van der Waals surface area contributed by atoms with Crippen molar-refractivity contribution in [2.75, 3.05) is 25.6 Å². The van der Waals surface area contributed by atoms with Crippen LogP contribution in [0.5, 0.6) is 5.75 Å². The van der Waals surface area contributed by atoms with Crippen LogP contribution in [-0.2, 0) is 0 Å². The third-order valence-corrected chi connectivity index (χ3v) is 3.25. The first kappa shape index (κ1) is 14.8. The molecule has 3 heteroatoms. The van der Waals surface area contributed by atoms with Crippen molar-refractivity contribution in [3.8, 4) is 5.75 Å². The standard InChI is InChI=1S/C15H26N2O/c1-6-13(11-16-12(2)3)17(4)14-9-7-8-10-15(14)18-5/h7-10,12-13,16H,6,11H2,1-5H3. The Labute approximate surface area is 111 Å². The van der Waals surface area contributed by atoms with Crippen LogP contribution in [0.4, 0.5) is 5.69 Å². The highest BCUT2D eigenvalue weighted by atomic mass is 16.5. The summed E-state index contributed by atoms with van der Waals surface area (Å²) in [5, 5.41) is 3.50. The molecule has 0 amide bonds. The van der Waals surface area contributed by atoms with E-state index in [1.807, 2.05) is 12.1 Å². The van der Waals surface area contributed by atoms with Gasteiger partial charge < -0.3 is 15.0 Å². The lowest BCUT2D eigenvalue weighted by molar-refractivity contribution is 0.411. The van der Waals surface area contributed by atoms with Crippen molar-refractivity contribution in [2.45, 2.75) is 39.3 Å². The van der Waals surface area contributed by atoms with E-state index < -0.39 is 0 Å². The summed E-state index contributed by atoms with van der Waals surface area (Å²) >= 11 is 0. The van der Waals surface area contributed by atoms with Crippen LogP contribution in [0.2, 0.25) is 0 Å². The van der Waals surface area contributed by atoms with Gasteiger partial charge in [-0.05, 0) is 18.6 Å². The lowest BCUT2D eigenvalue weighted by atomic mass is 10.1. The number of nitrogens with zero attached hydrogens (tertiary/aromatic N) is 1. The second-order valence-electron chi connectivity index (χ2n) is 4.91. The SMILES string of the molecule is CCC(CNC(C)C)N(C)c1ccccc1OC. The first-order chi connectivity index (χ1) is 8.60.